The van der Waals surface area contributed by atoms with Crippen LogP contribution in [0.25, 0.3) is 0 Å². The van der Waals surface area contributed by atoms with Crippen LogP contribution in [-0.4, -0.2) is 6.04 Å². The van der Waals surface area contributed by atoms with Crippen molar-refractivity contribution < 1.29 is 4.39 Å². The molecule has 0 aliphatic carbocycles. The summed E-state index contributed by atoms with van der Waals surface area (Å²) in [6, 6.07) is 9.97. The van der Waals surface area contributed by atoms with Crippen LogP contribution in [0, 0.1) is 5.82 Å². The van der Waals surface area contributed by atoms with E-state index in [0.29, 0.717) is 32.7 Å². The van der Waals surface area contributed by atoms with Crippen molar-refractivity contribution in [1.82, 2.24) is 0 Å². The van der Waals surface area contributed by atoms with Crippen LogP contribution < -0.4 is 5.32 Å². The van der Waals surface area contributed by atoms with Gasteiger partial charge in [0.05, 0.1) is 20.8 Å². The van der Waals surface area contributed by atoms with E-state index in [1.165, 1.54) is 6.07 Å². The Bertz CT molecular complexity index is 616. The molecule has 0 aliphatic rings. The van der Waals surface area contributed by atoms with Gasteiger partial charge in [0.1, 0.15) is 5.82 Å². The van der Waals surface area contributed by atoms with Crippen LogP contribution >= 0.6 is 34.8 Å². The van der Waals surface area contributed by atoms with E-state index in [1.807, 2.05) is 13.0 Å². The Morgan fingerprint density at radius 3 is 2.40 bits per heavy atom. The predicted molar refractivity (Wildman–Crippen MR) is 84.7 cm³/mol. The first kappa shape index (κ1) is 15.4. The Kier molecular flexibility index (Phi) is 5.14. The number of rotatable bonds is 4. The number of hydrogen-bond donors (Lipinski definition) is 1. The highest BCUT2D eigenvalue weighted by atomic mass is 35.5. The number of nitrogens with one attached hydrogen (secondary N) is 1. The molecule has 0 radical (unpaired) electrons. The zero-order valence-electron chi connectivity index (χ0n) is 10.8. The van der Waals surface area contributed by atoms with Crippen molar-refractivity contribution in [3.05, 3.63) is 62.8 Å². The van der Waals surface area contributed by atoms with Gasteiger partial charge < -0.3 is 5.32 Å². The summed E-state index contributed by atoms with van der Waals surface area (Å²) in [5, 5.41) is 4.53. The van der Waals surface area contributed by atoms with Crippen molar-refractivity contribution in [2.75, 3.05) is 5.32 Å². The molecule has 0 heterocycles. The number of hydrogen-bond acceptors (Lipinski definition) is 1. The highest BCUT2D eigenvalue weighted by molar-refractivity contribution is 6.44. The van der Waals surface area contributed by atoms with Gasteiger partial charge in [0.2, 0.25) is 0 Å². The maximum absolute atomic E-state index is 13.6. The van der Waals surface area contributed by atoms with E-state index >= 15 is 0 Å². The molecule has 0 aromatic heterocycles. The first-order chi connectivity index (χ1) is 9.47. The van der Waals surface area contributed by atoms with E-state index in [2.05, 4.69) is 5.32 Å². The van der Waals surface area contributed by atoms with Gasteiger partial charge in [-0.3, -0.25) is 0 Å². The molecule has 0 saturated carbocycles. The molecule has 106 valence electrons. The molecule has 0 bridgehead atoms. The van der Waals surface area contributed by atoms with Crippen LogP contribution in [-0.2, 0) is 6.42 Å². The molecule has 1 nitrogen and oxygen atoms in total. The predicted octanol–water partition coefficient (Wildman–Crippen LogP) is 5.83. The highest BCUT2D eigenvalue weighted by Crippen LogP contribution is 2.32. The molecule has 5 heteroatoms. The molecule has 2 aromatic carbocycles. The quantitative estimate of drug-likeness (QED) is 0.695. The molecule has 1 atom stereocenters. The summed E-state index contributed by atoms with van der Waals surface area (Å²) < 4.78 is 13.6. The summed E-state index contributed by atoms with van der Waals surface area (Å²) in [6.45, 7) is 1.95. The Balaban J connectivity index is 2.11. The average Bonchev–Trinajstić information content (AvgIpc) is 2.39. The zero-order valence-corrected chi connectivity index (χ0v) is 13.0. The lowest BCUT2D eigenvalue weighted by Gasteiger charge is -2.17. The minimum absolute atomic E-state index is 0.00152. The first-order valence-electron chi connectivity index (χ1n) is 6.12. The van der Waals surface area contributed by atoms with E-state index in [4.69, 9.17) is 34.8 Å². The molecular weight excluding hydrogens is 320 g/mol. The Hall–Kier alpha value is -0.960. The summed E-state index contributed by atoms with van der Waals surface area (Å²) in [7, 11) is 0. The Morgan fingerprint density at radius 2 is 1.70 bits per heavy atom. The van der Waals surface area contributed by atoms with Gasteiger partial charge in [-0.2, -0.15) is 0 Å². The van der Waals surface area contributed by atoms with Crippen LogP contribution in [0.4, 0.5) is 10.1 Å². The van der Waals surface area contributed by atoms with Gasteiger partial charge in [0, 0.05) is 6.04 Å². The normalized spacial score (nSPS) is 12.2. The fourth-order valence-corrected chi connectivity index (χ4v) is 2.54. The van der Waals surface area contributed by atoms with Crippen LogP contribution in [0.3, 0.4) is 0 Å². The molecule has 2 rings (SSSR count). The van der Waals surface area contributed by atoms with Crippen molar-refractivity contribution in [1.29, 1.82) is 0 Å². The molecule has 1 N–H and O–H groups in total. The van der Waals surface area contributed by atoms with Gasteiger partial charge in [-0.25, -0.2) is 4.39 Å². The van der Waals surface area contributed by atoms with Gasteiger partial charge in [-0.1, -0.05) is 53.0 Å². The number of benzene rings is 2. The van der Waals surface area contributed by atoms with Crippen LogP contribution in [0.1, 0.15) is 12.5 Å². The minimum atomic E-state index is -0.207. The maximum atomic E-state index is 13.6. The smallest absolute Gasteiger partial charge is 0.126 e. The topological polar surface area (TPSA) is 12.0 Å². The summed E-state index contributed by atoms with van der Waals surface area (Å²) in [6.07, 6.45) is 0.545. The molecule has 0 aliphatic heterocycles. The maximum Gasteiger partial charge on any atom is 0.126 e. The molecule has 0 saturated heterocycles. The van der Waals surface area contributed by atoms with Crippen molar-refractivity contribution in [3.8, 4) is 0 Å². The monoisotopic (exact) mass is 331 g/mol. The van der Waals surface area contributed by atoms with Crippen molar-refractivity contribution in [2.24, 2.45) is 0 Å². The molecule has 0 fully saturated rings. The number of halogens is 4. The van der Waals surface area contributed by atoms with Gasteiger partial charge in [0.25, 0.3) is 0 Å². The molecule has 1 unspecified atom stereocenters. The second-order valence-corrected chi connectivity index (χ2v) is 5.81. The van der Waals surface area contributed by atoms with Crippen LogP contribution in [0.15, 0.2) is 36.4 Å². The summed E-state index contributed by atoms with van der Waals surface area (Å²) in [4.78, 5) is 0. The van der Waals surface area contributed by atoms with Crippen LogP contribution in [0.5, 0.6) is 0 Å². The molecular formula is C15H13Cl3FN. The summed E-state index contributed by atoms with van der Waals surface area (Å²) in [5.41, 5.74) is 1.34. The molecule has 0 spiro atoms. The largest absolute Gasteiger partial charge is 0.381 e. The average molecular weight is 333 g/mol. The fraction of sp³-hybridized carbons (Fsp3) is 0.200. The van der Waals surface area contributed by atoms with Crippen LogP contribution in [0.2, 0.25) is 15.1 Å². The van der Waals surface area contributed by atoms with Gasteiger partial charge in [-0.05, 0) is 37.1 Å². The third kappa shape index (κ3) is 3.78. The molecule has 2 aromatic rings. The minimum Gasteiger partial charge on any atom is -0.381 e. The van der Waals surface area contributed by atoms with Gasteiger partial charge >= 0.3 is 0 Å². The molecule has 0 amide bonds. The van der Waals surface area contributed by atoms with E-state index < -0.39 is 0 Å². The second kappa shape index (κ2) is 6.66. The first-order valence-corrected chi connectivity index (χ1v) is 7.25. The Morgan fingerprint density at radius 1 is 1.05 bits per heavy atom. The van der Waals surface area contributed by atoms with E-state index in [9.17, 15) is 4.39 Å². The standard InChI is InChI=1S/C15H13Cl3FN/c1-9(6-10-4-2-3-5-14(10)19)20-15-8-12(17)11(16)7-13(15)18/h2-5,7-9,20H,6H2,1H3. The summed E-state index contributed by atoms with van der Waals surface area (Å²) >= 11 is 17.9. The fourth-order valence-electron chi connectivity index (χ4n) is 1.94. The van der Waals surface area contributed by atoms with E-state index in [1.54, 1.807) is 24.3 Å². The van der Waals surface area contributed by atoms with E-state index in [-0.39, 0.29) is 11.9 Å². The lowest BCUT2D eigenvalue weighted by Crippen LogP contribution is -2.19. The third-order valence-corrected chi connectivity index (χ3v) is 3.93. The van der Waals surface area contributed by atoms with E-state index in [0.717, 1.165) is 0 Å². The van der Waals surface area contributed by atoms with Crippen molar-refractivity contribution in [3.63, 3.8) is 0 Å². The third-order valence-electron chi connectivity index (χ3n) is 2.90. The second-order valence-electron chi connectivity index (χ2n) is 4.59. The van der Waals surface area contributed by atoms with Gasteiger partial charge in [-0.15, -0.1) is 0 Å². The SMILES string of the molecule is CC(Cc1ccccc1F)Nc1cc(Cl)c(Cl)cc1Cl. The zero-order chi connectivity index (χ0) is 14.7. The molecule has 20 heavy (non-hydrogen) atoms. The lowest BCUT2D eigenvalue weighted by atomic mass is 10.1. The Labute approximate surface area is 132 Å². The number of anilines is 1. The van der Waals surface area contributed by atoms with Crippen molar-refractivity contribution >= 4 is 40.5 Å². The summed E-state index contributed by atoms with van der Waals surface area (Å²) in [5.74, 6) is -0.207. The highest BCUT2D eigenvalue weighted by Gasteiger charge is 2.11. The lowest BCUT2D eigenvalue weighted by molar-refractivity contribution is 0.601. The van der Waals surface area contributed by atoms with Gasteiger partial charge in [0.15, 0.2) is 0 Å². The van der Waals surface area contributed by atoms with Crippen molar-refractivity contribution in [2.45, 2.75) is 19.4 Å².